The summed E-state index contributed by atoms with van der Waals surface area (Å²) in [6, 6.07) is 8.65. The van der Waals surface area contributed by atoms with Crippen molar-refractivity contribution >= 4 is 9.84 Å². The summed E-state index contributed by atoms with van der Waals surface area (Å²) in [6.07, 6.45) is 2.42. The highest BCUT2D eigenvalue weighted by Gasteiger charge is 2.28. The Morgan fingerprint density at radius 2 is 1.90 bits per heavy atom. The van der Waals surface area contributed by atoms with Crippen molar-refractivity contribution in [3.05, 3.63) is 35.4 Å². The monoisotopic (exact) mass is 295 g/mol. The molecule has 20 heavy (non-hydrogen) atoms. The first-order valence-electron chi connectivity index (χ1n) is 7.40. The number of sulfone groups is 1. The van der Waals surface area contributed by atoms with Crippen molar-refractivity contribution in [2.24, 2.45) is 11.7 Å². The minimum atomic E-state index is -2.78. The summed E-state index contributed by atoms with van der Waals surface area (Å²) in [4.78, 5) is 0. The number of nitrogens with two attached hydrogens (primary N) is 1. The van der Waals surface area contributed by atoms with Gasteiger partial charge >= 0.3 is 0 Å². The van der Waals surface area contributed by atoms with Crippen LogP contribution in [0.4, 0.5) is 0 Å². The van der Waals surface area contributed by atoms with Gasteiger partial charge in [0.2, 0.25) is 0 Å². The van der Waals surface area contributed by atoms with E-state index in [9.17, 15) is 8.42 Å². The molecule has 0 amide bonds. The molecule has 112 valence electrons. The van der Waals surface area contributed by atoms with Gasteiger partial charge in [0, 0.05) is 6.04 Å². The lowest BCUT2D eigenvalue weighted by atomic mass is 9.94. The molecule has 0 bridgehead atoms. The van der Waals surface area contributed by atoms with Crippen molar-refractivity contribution in [3.63, 3.8) is 0 Å². The maximum absolute atomic E-state index is 11.4. The second-order valence-corrected chi connectivity index (χ2v) is 8.59. The van der Waals surface area contributed by atoms with Crippen LogP contribution in [0.3, 0.4) is 0 Å². The Morgan fingerprint density at radius 3 is 2.40 bits per heavy atom. The highest BCUT2D eigenvalue weighted by molar-refractivity contribution is 7.91. The zero-order valence-corrected chi connectivity index (χ0v) is 13.2. The van der Waals surface area contributed by atoms with Crippen LogP contribution in [0.2, 0.25) is 0 Å². The summed E-state index contributed by atoms with van der Waals surface area (Å²) in [5, 5.41) is 0. The quantitative estimate of drug-likeness (QED) is 0.908. The van der Waals surface area contributed by atoms with Gasteiger partial charge in [-0.15, -0.1) is 0 Å². The van der Waals surface area contributed by atoms with Crippen molar-refractivity contribution in [3.8, 4) is 0 Å². The minimum absolute atomic E-state index is 0.0539. The normalized spacial score (nSPS) is 23.1. The molecule has 2 atom stereocenters. The van der Waals surface area contributed by atoms with Crippen LogP contribution in [-0.4, -0.2) is 26.0 Å². The van der Waals surface area contributed by atoms with Crippen LogP contribution in [-0.2, 0) is 16.3 Å². The van der Waals surface area contributed by atoms with Gasteiger partial charge in [-0.05, 0) is 42.2 Å². The first-order valence-corrected chi connectivity index (χ1v) is 9.22. The SMILES string of the molecule is CC(C)c1ccc(CC(N)CC2CCS(=O)(=O)C2)cc1. The van der Waals surface area contributed by atoms with Crippen LogP contribution in [0.15, 0.2) is 24.3 Å². The second kappa shape index (κ2) is 6.27. The first kappa shape index (κ1) is 15.5. The van der Waals surface area contributed by atoms with Crippen LogP contribution in [0, 0.1) is 5.92 Å². The van der Waals surface area contributed by atoms with Gasteiger partial charge in [-0.3, -0.25) is 0 Å². The second-order valence-electron chi connectivity index (χ2n) is 6.37. The molecular weight excluding hydrogens is 270 g/mol. The van der Waals surface area contributed by atoms with Gasteiger partial charge < -0.3 is 5.73 Å². The molecule has 0 radical (unpaired) electrons. The lowest BCUT2D eigenvalue weighted by Crippen LogP contribution is -2.26. The molecule has 4 heteroatoms. The summed E-state index contributed by atoms with van der Waals surface area (Å²) >= 11 is 0. The van der Waals surface area contributed by atoms with Gasteiger partial charge in [0.15, 0.2) is 9.84 Å². The van der Waals surface area contributed by atoms with Crippen LogP contribution in [0.5, 0.6) is 0 Å². The molecule has 0 saturated carbocycles. The predicted octanol–water partition coefficient (Wildman–Crippen LogP) is 2.50. The van der Waals surface area contributed by atoms with Crippen LogP contribution < -0.4 is 5.73 Å². The zero-order valence-electron chi connectivity index (χ0n) is 12.4. The van der Waals surface area contributed by atoms with Gasteiger partial charge in [-0.2, -0.15) is 0 Å². The molecule has 1 aromatic rings. The summed E-state index contributed by atoms with van der Waals surface area (Å²) in [5.41, 5.74) is 8.75. The Kier molecular flexibility index (Phi) is 4.86. The molecule has 1 heterocycles. The summed E-state index contributed by atoms with van der Waals surface area (Å²) in [5.74, 6) is 1.46. The first-order chi connectivity index (χ1) is 9.35. The van der Waals surface area contributed by atoms with E-state index in [1.807, 2.05) is 0 Å². The third-order valence-electron chi connectivity index (χ3n) is 4.11. The average molecular weight is 295 g/mol. The molecule has 0 aromatic heterocycles. The fraction of sp³-hybridized carbons (Fsp3) is 0.625. The predicted molar refractivity (Wildman–Crippen MR) is 83.6 cm³/mol. The highest BCUT2D eigenvalue weighted by atomic mass is 32.2. The van der Waals surface area contributed by atoms with Crippen molar-refractivity contribution in [1.82, 2.24) is 0 Å². The van der Waals surface area contributed by atoms with Crippen molar-refractivity contribution in [2.45, 2.75) is 45.1 Å². The van der Waals surface area contributed by atoms with Crippen molar-refractivity contribution in [1.29, 1.82) is 0 Å². The molecule has 3 nitrogen and oxygen atoms in total. The maximum Gasteiger partial charge on any atom is 0.150 e. The third-order valence-corrected chi connectivity index (χ3v) is 5.94. The Morgan fingerprint density at radius 1 is 1.25 bits per heavy atom. The zero-order chi connectivity index (χ0) is 14.8. The standard InChI is InChI=1S/C16H25NO2S/c1-12(2)15-5-3-13(4-6-15)9-16(17)10-14-7-8-20(18,19)11-14/h3-6,12,14,16H,7-11,17H2,1-2H3. The van der Waals surface area contributed by atoms with E-state index in [1.165, 1.54) is 11.1 Å². The van der Waals surface area contributed by atoms with Crippen molar-refractivity contribution < 1.29 is 8.42 Å². The number of hydrogen-bond donors (Lipinski definition) is 1. The van der Waals surface area contributed by atoms with E-state index >= 15 is 0 Å². The fourth-order valence-corrected chi connectivity index (χ4v) is 4.79. The molecule has 2 unspecified atom stereocenters. The molecule has 0 aliphatic carbocycles. The van der Waals surface area contributed by atoms with Gasteiger partial charge in [-0.1, -0.05) is 38.1 Å². The molecule has 0 spiro atoms. The smallest absolute Gasteiger partial charge is 0.150 e. The maximum atomic E-state index is 11.4. The Labute approximate surface area is 122 Å². The van der Waals surface area contributed by atoms with Crippen LogP contribution in [0.25, 0.3) is 0 Å². The lowest BCUT2D eigenvalue weighted by molar-refractivity contribution is 0.468. The van der Waals surface area contributed by atoms with Crippen LogP contribution >= 0.6 is 0 Å². The molecule has 1 fully saturated rings. The Bertz CT molecular complexity index is 534. The number of benzene rings is 1. The number of rotatable bonds is 5. The lowest BCUT2D eigenvalue weighted by Gasteiger charge is -2.16. The largest absolute Gasteiger partial charge is 0.327 e. The van der Waals surface area contributed by atoms with Crippen LogP contribution in [0.1, 0.15) is 43.7 Å². The fourth-order valence-electron chi connectivity index (χ4n) is 2.91. The Hall–Kier alpha value is -0.870. The van der Waals surface area contributed by atoms with E-state index in [4.69, 9.17) is 5.73 Å². The number of hydrogen-bond acceptors (Lipinski definition) is 3. The topological polar surface area (TPSA) is 60.2 Å². The van der Waals surface area contributed by atoms with Gasteiger partial charge in [0.05, 0.1) is 11.5 Å². The van der Waals surface area contributed by atoms with E-state index in [2.05, 4.69) is 38.1 Å². The van der Waals surface area contributed by atoms with Gasteiger partial charge in [0.1, 0.15) is 0 Å². The van der Waals surface area contributed by atoms with E-state index in [1.54, 1.807) is 0 Å². The summed E-state index contributed by atoms with van der Waals surface area (Å²) in [7, 11) is -2.78. The minimum Gasteiger partial charge on any atom is -0.327 e. The van der Waals surface area contributed by atoms with Gasteiger partial charge in [-0.25, -0.2) is 8.42 Å². The van der Waals surface area contributed by atoms with E-state index in [0.29, 0.717) is 17.4 Å². The molecule has 2 rings (SSSR count). The highest BCUT2D eigenvalue weighted by Crippen LogP contribution is 2.23. The summed E-state index contributed by atoms with van der Waals surface area (Å²) < 4.78 is 22.9. The molecule has 1 aliphatic rings. The molecule has 1 aliphatic heterocycles. The average Bonchev–Trinajstić information content (AvgIpc) is 2.69. The van der Waals surface area contributed by atoms with E-state index in [-0.39, 0.29) is 12.0 Å². The molecule has 1 saturated heterocycles. The molecule has 2 N–H and O–H groups in total. The van der Waals surface area contributed by atoms with E-state index in [0.717, 1.165) is 19.3 Å². The Balaban J connectivity index is 1.87. The molecule has 1 aromatic carbocycles. The molecular formula is C16H25NO2S. The summed E-state index contributed by atoms with van der Waals surface area (Å²) in [6.45, 7) is 4.36. The van der Waals surface area contributed by atoms with Crippen molar-refractivity contribution in [2.75, 3.05) is 11.5 Å². The third kappa shape index (κ3) is 4.32. The van der Waals surface area contributed by atoms with E-state index < -0.39 is 9.84 Å². The van der Waals surface area contributed by atoms with Gasteiger partial charge in [0.25, 0.3) is 0 Å².